The zero-order chi connectivity index (χ0) is 36.2. The lowest BCUT2D eigenvalue weighted by atomic mass is 9.85. The number of hydrogen-bond acceptors (Lipinski definition) is 5. The zero-order valence-corrected chi connectivity index (χ0v) is 30.1. The minimum Gasteiger partial charge on any atom is -0.349 e. The fourth-order valence-corrected chi connectivity index (χ4v) is 7.62. The van der Waals surface area contributed by atoms with Crippen LogP contribution in [-0.4, -0.2) is 62.0 Å². The highest BCUT2D eigenvalue weighted by Gasteiger charge is 2.42. The monoisotopic (exact) mass is 712 g/mol. The molecular formula is C39H42F2N6O3S. The van der Waals surface area contributed by atoms with E-state index in [-0.39, 0.29) is 24.0 Å². The number of halogens is 2. The van der Waals surface area contributed by atoms with Crippen molar-refractivity contribution < 1.29 is 23.2 Å². The number of benzene rings is 3. The Bertz CT molecular complexity index is 1940. The number of carbonyl (C=O) groups excluding carboxylic acids is 3. The van der Waals surface area contributed by atoms with E-state index in [0.717, 1.165) is 52.1 Å². The molecule has 1 fully saturated rings. The highest BCUT2D eigenvalue weighted by molar-refractivity contribution is 7.20. The molecule has 4 aromatic rings. The van der Waals surface area contributed by atoms with Crippen molar-refractivity contribution in [3.05, 3.63) is 107 Å². The van der Waals surface area contributed by atoms with Crippen LogP contribution in [0.15, 0.2) is 78.4 Å². The minimum absolute atomic E-state index is 0.0147. The predicted molar refractivity (Wildman–Crippen MR) is 200 cm³/mol. The summed E-state index contributed by atoms with van der Waals surface area (Å²) in [6.45, 7) is 2.96. The van der Waals surface area contributed by atoms with Gasteiger partial charge in [-0.2, -0.15) is 0 Å². The number of nitrogens with one attached hydrogen (secondary N) is 2. The molecule has 2 N–H and O–H groups in total. The van der Waals surface area contributed by atoms with Crippen LogP contribution in [0.4, 0.5) is 34.7 Å². The Balaban J connectivity index is 1.55. The van der Waals surface area contributed by atoms with Crippen molar-refractivity contribution in [3.8, 4) is 10.4 Å². The molecule has 3 aromatic carbocycles. The maximum absolute atomic E-state index is 15.2. The van der Waals surface area contributed by atoms with E-state index in [4.69, 9.17) is 0 Å². The van der Waals surface area contributed by atoms with Crippen LogP contribution in [0.25, 0.3) is 16.1 Å². The molecule has 9 nitrogen and oxygen atoms in total. The first-order valence-electron chi connectivity index (χ1n) is 17.1. The fourth-order valence-electron chi connectivity index (χ4n) is 6.31. The Kier molecular flexibility index (Phi) is 10.8. The Morgan fingerprint density at radius 3 is 2.20 bits per heavy atom. The molecule has 5 amide bonds. The topological polar surface area (TPSA) is 88.2 Å². The van der Waals surface area contributed by atoms with Crippen molar-refractivity contribution in [1.29, 1.82) is 0 Å². The predicted octanol–water partition coefficient (Wildman–Crippen LogP) is 8.29. The van der Waals surface area contributed by atoms with E-state index < -0.39 is 17.7 Å². The molecule has 0 atom stereocenters. The van der Waals surface area contributed by atoms with E-state index in [2.05, 4.69) is 15.5 Å². The summed E-state index contributed by atoms with van der Waals surface area (Å²) in [6.07, 6.45) is 2.97. The lowest BCUT2D eigenvalue weighted by Gasteiger charge is -2.40. The van der Waals surface area contributed by atoms with Gasteiger partial charge in [0, 0.05) is 61.8 Å². The summed E-state index contributed by atoms with van der Waals surface area (Å²) in [5.41, 5.74) is 5.68. The molecule has 2 heterocycles. The summed E-state index contributed by atoms with van der Waals surface area (Å²) in [7, 11) is 5.43. The Morgan fingerprint density at radius 2 is 1.59 bits per heavy atom. The number of para-hydroxylation sites is 1. The Morgan fingerprint density at radius 1 is 0.902 bits per heavy atom. The number of nitrogens with zero attached hydrogens (tertiary/aromatic N) is 4. The third-order valence-corrected chi connectivity index (χ3v) is 10.5. The summed E-state index contributed by atoms with van der Waals surface area (Å²) < 4.78 is 30.5. The van der Waals surface area contributed by atoms with Crippen molar-refractivity contribution in [2.45, 2.75) is 45.7 Å². The van der Waals surface area contributed by atoms with Crippen molar-refractivity contribution in [1.82, 2.24) is 15.1 Å². The zero-order valence-electron chi connectivity index (χ0n) is 29.3. The maximum atomic E-state index is 15.2. The first kappa shape index (κ1) is 35.7. The van der Waals surface area contributed by atoms with Gasteiger partial charge >= 0.3 is 12.1 Å². The van der Waals surface area contributed by atoms with Crippen molar-refractivity contribution in [2.24, 2.45) is 0 Å². The van der Waals surface area contributed by atoms with Crippen LogP contribution in [0.3, 0.4) is 0 Å². The SMILES string of the molecule is CCNC(=O)Nc1ccc(-c2sc3c(c2CN(C)CCC(=O)N(C)C)C(=C2CCC2)N(c2ccccc2)C(=O)N3Cc2c(F)cccc2F)cc1. The molecule has 2 aliphatic rings. The molecule has 0 spiro atoms. The van der Waals surface area contributed by atoms with Gasteiger partial charge in [-0.15, -0.1) is 11.3 Å². The van der Waals surface area contributed by atoms with Gasteiger partial charge in [0.25, 0.3) is 0 Å². The van der Waals surface area contributed by atoms with Crippen LogP contribution < -0.4 is 20.4 Å². The van der Waals surface area contributed by atoms with E-state index >= 15 is 8.78 Å². The summed E-state index contributed by atoms with van der Waals surface area (Å²) in [6, 6.07) is 19.9. The third-order valence-electron chi connectivity index (χ3n) is 9.18. The molecule has 0 radical (unpaired) electrons. The van der Waals surface area contributed by atoms with Gasteiger partial charge in [-0.25, -0.2) is 18.4 Å². The highest BCUT2D eigenvalue weighted by atomic mass is 32.1. The number of thiophene rings is 1. The molecule has 6 rings (SSSR count). The number of fused-ring (bicyclic) bond motifs is 1. The van der Waals surface area contributed by atoms with Crippen LogP contribution in [0, 0.1) is 11.6 Å². The number of anilines is 3. The van der Waals surface area contributed by atoms with Crippen LogP contribution >= 0.6 is 11.3 Å². The van der Waals surface area contributed by atoms with Crippen molar-refractivity contribution >= 4 is 51.4 Å². The van der Waals surface area contributed by atoms with Crippen LogP contribution in [0.1, 0.15) is 49.3 Å². The second kappa shape index (κ2) is 15.4. The Hall–Kier alpha value is -5.07. The normalized spacial score (nSPS) is 14.1. The second-order valence-electron chi connectivity index (χ2n) is 13.0. The average Bonchev–Trinajstić information content (AvgIpc) is 3.45. The number of carbonyl (C=O) groups is 3. The van der Waals surface area contributed by atoms with E-state index in [9.17, 15) is 14.4 Å². The van der Waals surface area contributed by atoms with Gasteiger partial charge in [-0.1, -0.05) is 36.4 Å². The number of allylic oxidation sites excluding steroid dienone is 1. The largest absolute Gasteiger partial charge is 0.349 e. The van der Waals surface area contributed by atoms with E-state index in [1.807, 2.05) is 68.6 Å². The van der Waals surface area contributed by atoms with Gasteiger partial charge in [0.1, 0.15) is 16.6 Å². The van der Waals surface area contributed by atoms with E-state index in [1.54, 1.807) is 23.9 Å². The Labute approximate surface area is 301 Å². The lowest BCUT2D eigenvalue weighted by Crippen LogP contribution is -2.47. The summed E-state index contributed by atoms with van der Waals surface area (Å²) in [5.74, 6) is -1.44. The van der Waals surface area contributed by atoms with Gasteiger partial charge in [0.2, 0.25) is 5.91 Å². The molecule has 266 valence electrons. The number of hydrogen-bond donors (Lipinski definition) is 2. The summed E-state index contributed by atoms with van der Waals surface area (Å²) >= 11 is 1.41. The van der Waals surface area contributed by atoms with Crippen LogP contribution in [0.2, 0.25) is 0 Å². The standard InChI is InChI=1S/C39H42F2N6O3S/c1-5-42-38(49)43-27-19-17-26(18-20-27)36-30(23-45(4)22-21-33(48)44(2)3)34-35(25-11-9-12-25)47(28-13-7-6-8-14-28)39(50)46(37(34)51-36)24-29-31(40)15-10-16-32(29)41/h6-8,10,13-20H,5,9,11-12,21-24H2,1-4H3,(H2,42,43,49). The average molecular weight is 713 g/mol. The summed E-state index contributed by atoms with van der Waals surface area (Å²) in [4.78, 5) is 47.3. The smallest absolute Gasteiger partial charge is 0.334 e. The quantitative estimate of drug-likeness (QED) is 0.164. The number of rotatable bonds is 11. The lowest BCUT2D eigenvalue weighted by molar-refractivity contribution is -0.129. The first-order chi connectivity index (χ1) is 24.6. The molecule has 0 unspecified atom stereocenters. The minimum atomic E-state index is -0.726. The van der Waals surface area contributed by atoms with E-state index in [0.29, 0.717) is 42.4 Å². The molecule has 1 aliphatic carbocycles. The number of amides is 5. The van der Waals surface area contributed by atoms with Crippen molar-refractivity contribution in [2.75, 3.05) is 49.3 Å². The molecule has 51 heavy (non-hydrogen) atoms. The molecule has 1 aromatic heterocycles. The van der Waals surface area contributed by atoms with Crippen LogP contribution in [-0.2, 0) is 17.9 Å². The molecule has 12 heteroatoms. The van der Waals surface area contributed by atoms with Gasteiger partial charge in [-0.05, 0) is 86.3 Å². The van der Waals surface area contributed by atoms with Gasteiger partial charge in [0.15, 0.2) is 0 Å². The van der Waals surface area contributed by atoms with Gasteiger partial charge < -0.3 is 20.4 Å². The molecule has 1 aliphatic heterocycles. The molecule has 1 saturated carbocycles. The molecular weight excluding hydrogens is 671 g/mol. The summed E-state index contributed by atoms with van der Waals surface area (Å²) in [5, 5.41) is 6.18. The fraction of sp³-hybridized carbons (Fsp3) is 0.308. The van der Waals surface area contributed by atoms with Gasteiger partial charge in [-0.3, -0.25) is 14.6 Å². The highest BCUT2D eigenvalue weighted by Crippen LogP contribution is 2.53. The second-order valence-corrected chi connectivity index (χ2v) is 14.0. The van der Waals surface area contributed by atoms with Crippen molar-refractivity contribution in [3.63, 3.8) is 0 Å². The molecule has 0 saturated heterocycles. The van der Waals surface area contributed by atoms with Crippen LogP contribution in [0.5, 0.6) is 0 Å². The third kappa shape index (κ3) is 7.52. The first-order valence-corrected chi connectivity index (χ1v) is 17.9. The van der Waals surface area contributed by atoms with Gasteiger partial charge in [0.05, 0.1) is 17.9 Å². The number of urea groups is 2. The van der Waals surface area contributed by atoms with E-state index in [1.165, 1.54) is 34.4 Å². The maximum Gasteiger partial charge on any atom is 0.334 e. The molecule has 0 bridgehead atoms.